The van der Waals surface area contributed by atoms with E-state index in [0.717, 1.165) is 36.1 Å². The van der Waals surface area contributed by atoms with E-state index in [1.54, 1.807) is 28.9 Å². The second-order valence-corrected chi connectivity index (χ2v) is 8.07. The maximum absolute atomic E-state index is 12.8. The van der Waals surface area contributed by atoms with Crippen LogP contribution < -0.4 is 15.8 Å². The van der Waals surface area contributed by atoms with Crippen molar-refractivity contribution in [2.75, 3.05) is 5.32 Å². The van der Waals surface area contributed by atoms with Gasteiger partial charge in [-0.3, -0.25) is 9.59 Å². The van der Waals surface area contributed by atoms with Crippen LogP contribution in [0.1, 0.15) is 56.7 Å². The number of nitrogens with zero attached hydrogens (tertiary/aromatic N) is 4. The molecule has 156 valence electrons. The van der Waals surface area contributed by atoms with Crippen molar-refractivity contribution in [3.63, 3.8) is 0 Å². The first kappa shape index (κ1) is 20.0. The molecule has 10 heteroatoms. The molecule has 0 saturated heterocycles. The van der Waals surface area contributed by atoms with Gasteiger partial charge in [-0.1, -0.05) is 6.07 Å². The van der Waals surface area contributed by atoms with E-state index in [1.165, 1.54) is 11.3 Å². The molecule has 1 aliphatic carbocycles. The summed E-state index contributed by atoms with van der Waals surface area (Å²) < 4.78 is 7.39. The van der Waals surface area contributed by atoms with Gasteiger partial charge in [0.25, 0.3) is 11.8 Å². The van der Waals surface area contributed by atoms with Gasteiger partial charge in [0, 0.05) is 17.0 Å². The highest BCUT2D eigenvalue weighted by Crippen LogP contribution is 2.38. The molecule has 0 fully saturated rings. The van der Waals surface area contributed by atoms with E-state index in [4.69, 9.17) is 10.5 Å². The number of nitrogens with two attached hydrogens (primary N) is 1. The number of rotatable bonds is 7. The summed E-state index contributed by atoms with van der Waals surface area (Å²) in [6, 6.07) is 6.83. The lowest BCUT2D eigenvalue weighted by atomic mass is 9.95. The Hall–Kier alpha value is -3.27. The molecule has 2 heterocycles. The van der Waals surface area contributed by atoms with Crippen LogP contribution in [-0.4, -0.2) is 32.0 Å². The number of primary amides is 1. The van der Waals surface area contributed by atoms with Crippen molar-refractivity contribution in [2.24, 2.45) is 5.73 Å². The monoisotopic (exact) mass is 426 g/mol. The first-order valence-corrected chi connectivity index (χ1v) is 10.6. The summed E-state index contributed by atoms with van der Waals surface area (Å²) in [5, 5.41) is 14.8. The summed E-state index contributed by atoms with van der Waals surface area (Å²) in [5.41, 5.74) is 7.46. The Labute approximate surface area is 177 Å². The molecule has 3 N–H and O–H groups in total. The fourth-order valence-corrected chi connectivity index (χ4v) is 4.83. The van der Waals surface area contributed by atoms with Gasteiger partial charge in [-0.05, 0) is 66.8 Å². The average Bonchev–Trinajstić information content (AvgIpc) is 3.35. The molecule has 0 unspecified atom stereocenters. The van der Waals surface area contributed by atoms with Crippen molar-refractivity contribution in [1.29, 1.82) is 0 Å². The molecule has 30 heavy (non-hydrogen) atoms. The van der Waals surface area contributed by atoms with E-state index in [0.29, 0.717) is 34.2 Å². The third-order valence-corrected chi connectivity index (χ3v) is 6.22. The van der Waals surface area contributed by atoms with Gasteiger partial charge in [-0.15, -0.1) is 16.4 Å². The van der Waals surface area contributed by atoms with Crippen LogP contribution >= 0.6 is 11.3 Å². The molecule has 0 aliphatic heterocycles. The Morgan fingerprint density at radius 3 is 2.93 bits per heavy atom. The van der Waals surface area contributed by atoms with E-state index in [9.17, 15) is 9.59 Å². The van der Waals surface area contributed by atoms with Crippen LogP contribution in [0.5, 0.6) is 5.75 Å². The van der Waals surface area contributed by atoms with Crippen LogP contribution in [0.25, 0.3) is 0 Å². The van der Waals surface area contributed by atoms with Gasteiger partial charge in [0.2, 0.25) is 0 Å². The van der Waals surface area contributed by atoms with Crippen molar-refractivity contribution >= 4 is 28.2 Å². The minimum Gasteiger partial charge on any atom is -0.486 e. The molecule has 0 atom stereocenters. The summed E-state index contributed by atoms with van der Waals surface area (Å²) >= 11 is 1.44. The third kappa shape index (κ3) is 4.04. The van der Waals surface area contributed by atoms with Gasteiger partial charge in [0.1, 0.15) is 17.4 Å². The fraction of sp³-hybridized carbons (Fsp3) is 0.350. The number of aryl methyl sites for hydroxylation is 2. The molecule has 0 saturated carbocycles. The maximum Gasteiger partial charge on any atom is 0.256 e. The van der Waals surface area contributed by atoms with Crippen LogP contribution in [-0.2, 0) is 26.0 Å². The smallest absolute Gasteiger partial charge is 0.256 e. The number of carbonyl (C=O) groups is 2. The number of hydrogen-bond donors (Lipinski definition) is 2. The zero-order chi connectivity index (χ0) is 21.1. The van der Waals surface area contributed by atoms with Crippen LogP contribution in [0.3, 0.4) is 0 Å². The number of fused-ring (bicyclic) bond motifs is 1. The molecule has 2 aromatic heterocycles. The number of nitrogens with one attached hydrogen (secondary N) is 1. The van der Waals surface area contributed by atoms with Gasteiger partial charge < -0.3 is 15.8 Å². The van der Waals surface area contributed by atoms with E-state index in [-0.39, 0.29) is 12.5 Å². The van der Waals surface area contributed by atoms with Crippen molar-refractivity contribution < 1.29 is 14.3 Å². The second-order valence-electron chi connectivity index (χ2n) is 6.96. The molecule has 0 spiro atoms. The molecule has 1 aliphatic rings. The number of hydrogen-bond acceptors (Lipinski definition) is 7. The Bertz CT molecular complexity index is 1090. The average molecular weight is 427 g/mol. The zero-order valence-electron chi connectivity index (χ0n) is 16.6. The van der Waals surface area contributed by atoms with E-state index in [2.05, 4.69) is 20.8 Å². The normalized spacial score (nSPS) is 13.0. The molecular weight excluding hydrogens is 404 g/mol. The summed E-state index contributed by atoms with van der Waals surface area (Å²) in [4.78, 5) is 26.0. The Balaban J connectivity index is 1.50. The highest BCUT2D eigenvalue weighted by atomic mass is 32.1. The minimum atomic E-state index is -0.504. The van der Waals surface area contributed by atoms with Crippen molar-refractivity contribution in [3.05, 3.63) is 51.7 Å². The molecule has 2 amide bonds. The number of thiophene rings is 1. The molecule has 4 rings (SSSR count). The quantitative estimate of drug-likeness (QED) is 0.598. The number of ether oxygens (including phenoxy) is 1. The maximum atomic E-state index is 12.8. The first-order valence-electron chi connectivity index (χ1n) is 9.80. The number of anilines is 1. The van der Waals surface area contributed by atoms with Crippen molar-refractivity contribution in [1.82, 2.24) is 20.2 Å². The number of benzene rings is 1. The summed E-state index contributed by atoms with van der Waals surface area (Å²) in [6.07, 6.45) is 3.84. The number of carbonyl (C=O) groups excluding carboxylic acids is 2. The van der Waals surface area contributed by atoms with Gasteiger partial charge in [0.15, 0.2) is 5.82 Å². The van der Waals surface area contributed by atoms with Crippen LogP contribution in [0.15, 0.2) is 24.3 Å². The van der Waals surface area contributed by atoms with E-state index >= 15 is 0 Å². The second kappa shape index (κ2) is 8.62. The Kier molecular flexibility index (Phi) is 5.75. The molecule has 0 radical (unpaired) electrons. The van der Waals surface area contributed by atoms with Crippen LogP contribution in [0.4, 0.5) is 5.00 Å². The van der Waals surface area contributed by atoms with Crippen LogP contribution in [0.2, 0.25) is 0 Å². The predicted molar refractivity (Wildman–Crippen MR) is 112 cm³/mol. The fourth-order valence-electron chi connectivity index (χ4n) is 3.54. The lowest BCUT2D eigenvalue weighted by Crippen LogP contribution is -2.18. The largest absolute Gasteiger partial charge is 0.486 e. The Morgan fingerprint density at radius 2 is 2.13 bits per heavy atom. The lowest BCUT2D eigenvalue weighted by Gasteiger charge is -2.11. The predicted octanol–water partition coefficient (Wildman–Crippen LogP) is 2.56. The molecule has 3 aromatic rings. The topological polar surface area (TPSA) is 125 Å². The molecule has 9 nitrogen and oxygen atoms in total. The molecule has 1 aromatic carbocycles. The first-order chi connectivity index (χ1) is 14.6. The number of amides is 2. The highest BCUT2D eigenvalue weighted by Gasteiger charge is 2.25. The van der Waals surface area contributed by atoms with Gasteiger partial charge in [-0.25, -0.2) is 4.68 Å². The lowest BCUT2D eigenvalue weighted by molar-refractivity contribution is 0.100. The molecule has 0 bridgehead atoms. The number of aromatic nitrogens is 4. The number of tetrazole rings is 1. The van der Waals surface area contributed by atoms with Gasteiger partial charge in [0.05, 0.1) is 5.56 Å². The Morgan fingerprint density at radius 1 is 1.30 bits per heavy atom. The summed E-state index contributed by atoms with van der Waals surface area (Å²) in [6.45, 7) is 2.77. The van der Waals surface area contributed by atoms with Crippen molar-refractivity contribution in [3.8, 4) is 5.75 Å². The van der Waals surface area contributed by atoms with E-state index in [1.807, 2.05) is 6.92 Å². The van der Waals surface area contributed by atoms with Gasteiger partial charge >= 0.3 is 0 Å². The summed E-state index contributed by atoms with van der Waals surface area (Å²) in [5.74, 6) is 0.298. The summed E-state index contributed by atoms with van der Waals surface area (Å²) in [7, 11) is 0. The SMILES string of the molecule is CCn1nnnc1COc1cccc(C(=O)Nc2sc3c(c2C(N)=O)CCCC3)c1. The zero-order valence-corrected chi connectivity index (χ0v) is 17.4. The third-order valence-electron chi connectivity index (χ3n) is 5.01. The van der Waals surface area contributed by atoms with E-state index < -0.39 is 5.91 Å². The molecular formula is C20H22N6O3S. The highest BCUT2D eigenvalue weighted by molar-refractivity contribution is 7.17. The van der Waals surface area contributed by atoms with Gasteiger partial charge in [-0.2, -0.15) is 0 Å². The standard InChI is InChI=1S/C20H22N6O3S/c1-2-26-16(23-24-25-26)11-29-13-7-5-6-12(10-13)19(28)22-20-17(18(21)27)14-8-3-4-9-15(14)30-20/h5-7,10H,2-4,8-9,11H2,1H3,(H2,21,27)(H,22,28). The van der Waals surface area contributed by atoms with Crippen molar-refractivity contribution in [2.45, 2.75) is 45.8 Å². The minimum absolute atomic E-state index is 0.190. The van der Waals surface area contributed by atoms with Crippen LogP contribution in [0, 0.1) is 0 Å².